The van der Waals surface area contributed by atoms with Crippen LogP contribution in [0.1, 0.15) is 35.5 Å². The minimum absolute atomic E-state index is 0.0809. The molecule has 2 rings (SSSR count). The predicted octanol–water partition coefficient (Wildman–Crippen LogP) is 3.92. The summed E-state index contributed by atoms with van der Waals surface area (Å²) in [6.45, 7) is 6.63. The molecule has 0 saturated heterocycles. The summed E-state index contributed by atoms with van der Waals surface area (Å²) in [5.74, 6) is -0.132. The van der Waals surface area contributed by atoms with Crippen molar-refractivity contribution in [3.05, 3.63) is 51.0 Å². The van der Waals surface area contributed by atoms with Crippen molar-refractivity contribution in [1.82, 2.24) is 15.1 Å². The van der Waals surface area contributed by atoms with E-state index in [2.05, 4.69) is 33.3 Å². The van der Waals surface area contributed by atoms with Crippen molar-refractivity contribution >= 4 is 15.9 Å². The van der Waals surface area contributed by atoms with E-state index >= 15 is 0 Å². The fourth-order valence-corrected chi connectivity index (χ4v) is 3.01. The van der Waals surface area contributed by atoms with Crippen LogP contribution in [0.5, 0.6) is 0 Å². The Kier molecular flexibility index (Phi) is 5.17. The first kappa shape index (κ1) is 16.2. The van der Waals surface area contributed by atoms with E-state index in [0.717, 1.165) is 22.4 Å². The first-order valence-corrected chi connectivity index (χ1v) is 7.92. The van der Waals surface area contributed by atoms with Crippen molar-refractivity contribution in [2.45, 2.75) is 39.8 Å². The lowest BCUT2D eigenvalue weighted by atomic mass is 9.99. The number of aryl methyl sites for hydroxylation is 3. The Bertz CT molecular complexity index is 637. The highest BCUT2D eigenvalue weighted by Crippen LogP contribution is 2.28. The second-order valence-electron chi connectivity index (χ2n) is 5.19. The molecule has 1 N–H and O–H groups in total. The van der Waals surface area contributed by atoms with Crippen LogP contribution >= 0.6 is 15.9 Å². The lowest BCUT2D eigenvalue weighted by Crippen LogP contribution is -2.22. The van der Waals surface area contributed by atoms with Crippen LogP contribution in [0.2, 0.25) is 0 Å². The molecule has 1 aromatic carbocycles. The molecule has 0 spiro atoms. The topological polar surface area (TPSA) is 29.9 Å². The highest BCUT2D eigenvalue weighted by Gasteiger charge is 2.20. The average Bonchev–Trinajstić information content (AvgIpc) is 2.75. The largest absolute Gasteiger partial charge is 0.313 e. The van der Waals surface area contributed by atoms with Crippen LogP contribution in [-0.4, -0.2) is 16.8 Å². The summed E-state index contributed by atoms with van der Waals surface area (Å²) in [6, 6.07) is 5.46. The van der Waals surface area contributed by atoms with Crippen LogP contribution in [-0.2, 0) is 13.0 Å². The van der Waals surface area contributed by atoms with Gasteiger partial charge in [-0.15, -0.1) is 0 Å². The Balaban J connectivity index is 2.38. The Labute approximate surface area is 133 Å². The minimum atomic E-state index is -0.132. The fourth-order valence-electron chi connectivity index (χ4n) is 2.56. The van der Waals surface area contributed by atoms with Crippen LogP contribution in [0, 0.1) is 19.7 Å². The second-order valence-corrected chi connectivity index (χ2v) is 5.98. The molecule has 0 fully saturated rings. The van der Waals surface area contributed by atoms with Crippen LogP contribution in [0.4, 0.5) is 4.39 Å². The lowest BCUT2D eigenvalue weighted by molar-refractivity contribution is 0.507. The zero-order valence-corrected chi connectivity index (χ0v) is 14.5. The first-order valence-electron chi connectivity index (χ1n) is 7.13. The van der Waals surface area contributed by atoms with Gasteiger partial charge in [0.25, 0.3) is 0 Å². The molecular formula is C16H21BrFN3. The van der Waals surface area contributed by atoms with E-state index in [4.69, 9.17) is 0 Å². The van der Waals surface area contributed by atoms with Gasteiger partial charge in [-0.25, -0.2) is 4.39 Å². The first-order chi connectivity index (χ1) is 9.99. The number of benzene rings is 1. The van der Waals surface area contributed by atoms with Gasteiger partial charge in [-0.05, 0) is 49.3 Å². The van der Waals surface area contributed by atoms with Gasteiger partial charge in [0, 0.05) is 24.6 Å². The van der Waals surface area contributed by atoms with E-state index < -0.39 is 0 Å². The van der Waals surface area contributed by atoms with Crippen molar-refractivity contribution in [3.63, 3.8) is 0 Å². The highest BCUT2D eigenvalue weighted by atomic mass is 79.9. The fraction of sp³-hybridized carbons (Fsp3) is 0.438. The number of hydrogen-bond donors (Lipinski definition) is 1. The molecule has 0 aliphatic carbocycles. The molecule has 114 valence electrons. The van der Waals surface area contributed by atoms with E-state index in [1.54, 1.807) is 13.0 Å². The SMILES string of the molecule is CCn1nc(C)c(Br)c1CC(NC)c1cccc(C)c1F. The Morgan fingerprint density at radius 1 is 1.38 bits per heavy atom. The molecule has 0 saturated carbocycles. The normalized spacial score (nSPS) is 12.7. The highest BCUT2D eigenvalue weighted by molar-refractivity contribution is 9.10. The third-order valence-electron chi connectivity index (χ3n) is 3.80. The third-order valence-corrected chi connectivity index (χ3v) is 4.83. The van der Waals surface area contributed by atoms with Gasteiger partial charge in [0.1, 0.15) is 5.82 Å². The van der Waals surface area contributed by atoms with Gasteiger partial charge >= 0.3 is 0 Å². The van der Waals surface area contributed by atoms with Crippen molar-refractivity contribution in [2.24, 2.45) is 0 Å². The summed E-state index contributed by atoms with van der Waals surface area (Å²) in [6.07, 6.45) is 0.687. The summed E-state index contributed by atoms with van der Waals surface area (Å²) < 4.78 is 17.3. The number of rotatable bonds is 5. The Morgan fingerprint density at radius 2 is 2.10 bits per heavy atom. The van der Waals surface area contributed by atoms with Crippen LogP contribution in [0.15, 0.2) is 22.7 Å². The van der Waals surface area contributed by atoms with E-state index in [1.165, 1.54) is 0 Å². The van der Waals surface area contributed by atoms with Crippen molar-refractivity contribution in [1.29, 1.82) is 0 Å². The molecule has 3 nitrogen and oxygen atoms in total. The summed E-state index contributed by atoms with van der Waals surface area (Å²) in [4.78, 5) is 0. The Morgan fingerprint density at radius 3 is 2.71 bits per heavy atom. The third kappa shape index (κ3) is 3.19. The number of aromatic nitrogens is 2. The molecule has 0 radical (unpaired) electrons. The molecule has 0 aliphatic rings. The smallest absolute Gasteiger partial charge is 0.130 e. The van der Waals surface area contributed by atoms with E-state index in [0.29, 0.717) is 17.5 Å². The summed E-state index contributed by atoms with van der Waals surface area (Å²) in [5.41, 5.74) is 3.43. The zero-order chi connectivity index (χ0) is 15.6. The summed E-state index contributed by atoms with van der Waals surface area (Å²) >= 11 is 3.60. The monoisotopic (exact) mass is 353 g/mol. The lowest BCUT2D eigenvalue weighted by Gasteiger charge is -2.19. The maximum absolute atomic E-state index is 14.4. The van der Waals surface area contributed by atoms with Gasteiger partial charge in [-0.1, -0.05) is 18.2 Å². The number of halogens is 2. The van der Waals surface area contributed by atoms with Gasteiger partial charge in [0.2, 0.25) is 0 Å². The van der Waals surface area contributed by atoms with Crippen molar-refractivity contribution in [2.75, 3.05) is 7.05 Å². The van der Waals surface area contributed by atoms with Crippen LogP contribution in [0.25, 0.3) is 0 Å². The molecule has 21 heavy (non-hydrogen) atoms. The van der Waals surface area contributed by atoms with Gasteiger partial charge < -0.3 is 5.32 Å². The number of nitrogens with zero attached hydrogens (tertiary/aromatic N) is 2. The van der Waals surface area contributed by atoms with Crippen molar-refractivity contribution < 1.29 is 4.39 Å². The molecule has 1 unspecified atom stereocenters. The van der Waals surface area contributed by atoms with Crippen LogP contribution in [0.3, 0.4) is 0 Å². The molecule has 5 heteroatoms. The van der Waals surface area contributed by atoms with Crippen LogP contribution < -0.4 is 5.32 Å². The number of hydrogen-bond acceptors (Lipinski definition) is 2. The predicted molar refractivity (Wildman–Crippen MR) is 87.0 cm³/mol. The molecule has 1 heterocycles. The molecule has 0 aliphatic heterocycles. The van der Waals surface area contributed by atoms with Gasteiger partial charge in [-0.2, -0.15) is 5.10 Å². The zero-order valence-electron chi connectivity index (χ0n) is 12.9. The quantitative estimate of drug-likeness (QED) is 0.882. The second kappa shape index (κ2) is 6.71. The standard InChI is InChI=1S/C16H21BrFN3/c1-5-21-14(15(17)11(3)20-21)9-13(19-4)12-8-6-7-10(2)16(12)18/h6-8,13,19H,5,9H2,1-4H3. The average molecular weight is 354 g/mol. The maximum Gasteiger partial charge on any atom is 0.130 e. The van der Waals surface area contributed by atoms with E-state index in [-0.39, 0.29) is 11.9 Å². The maximum atomic E-state index is 14.4. The van der Waals surface area contributed by atoms with Gasteiger partial charge in [0.05, 0.1) is 15.9 Å². The molecule has 2 aromatic rings. The van der Waals surface area contributed by atoms with Crippen molar-refractivity contribution in [3.8, 4) is 0 Å². The molecule has 1 aromatic heterocycles. The summed E-state index contributed by atoms with van der Waals surface area (Å²) in [5, 5.41) is 7.72. The van der Waals surface area contributed by atoms with Gasteiger partial charge in [0.15, 0.2) is 0 Å². The summed E-state index contributed by atoms with van der Waals surface area (Å²) in [7, 11) is 1.86. The number of likely N-dealkylation sites (N-methyl/N-ethyl adjacent to an activating group) is 1. The van der Waals surface area contributed by atoms with E-state index in [9.17, 15) is 4.39 Å². The van der Waals surface area contributed by atoms with E-state index in [1.807, 2.05) is 30.8 Å². The van der Waals surface area contributed by atoms with Gasteiger partial charge in [-0.3, -0.25) is 4.68 Å². The Hall–Kier alpha value is -1.20. The minimum Gasteiger partial charge on any atom is -0.313 e. The molecular weight excluding hydrogens is 333 g/mol. The molecule has 0 bridgehead atoms. The molecule has 0 amide bonds. The number of nitrogens with one attached hydrogen (secondary N) is 1. The molecule has 1 atom stereocenters.